The van der Waals surface area contributed by atoms with E-state index in [4.69, 9.17) is 0 Å². The van der Waals surface area contributed by atoms with Crippen LogP contribution in [0.15, 0.2) is 18.2 Å². The van der Waals surface area contributed by atoms with Crippen molar-refractivity contribution in [2.24, 2.45) is 0 Å². The predicted octanol–water partition coefficient (Wildman–Crippen LogP) is 0.754. The molecule has 1 aromatic rings. The third-order valence-electron chi connectivity index (χ3n) is 3.99. The molecule has 7 heteroatoms. The normalized spacial score (nSPS) is 18.7. The second-order valence-electron chi connectivity index (χ2n) is 5.40. The summed E-state index contributed by atoms with van der Waals surface area (Å²) in [6.07, 6.45) is 1.24. The molecule has 1 aliphatic rings. The van der Waals surface area contributed by atoms with Crippen molar-refractivity contribution < 1.29 is 13.5 Å². The number of rotatable bonds is 4. The number of hydrogen-bond acceptors (Lipinski definition) is 5. The van der Waals surface area contributed by atoms with Gasteiger partial charge in [-0.2, -0.15) is 4.31 Å². The maximum Gasteiger partial charge on any atom is 0.211 e. The van der Waals surface area contributed by atoms with E-state index in [1.54, 1.807) is 6.07 Å². The molecule has 118 valence electrons. The molecule has 1 unspecified atom stereocenters. The molecule has 2 N–H and O–H groups in total. The Kier molecular flexibility index (Phi) is 4.75. The lowest BCUT2D eigenvalue weighted by atomic mass is 10.1. The minimum atomic E-state index is -3.11. The SMILES string of the molecule is CNC(C)c1ccc(N2CCN(S(C)(=O)=O)CC2)cc1O. The molecule has 0 aliphatic carbocycles. The average Bonchev–Trinajstić information content (AvgIpc) is 2.45. The second kappa shape index (κ2) is 6.21. The molecular formula is C14H23N3O3S. The first kappa shape index (κ1) is 16.1. The van der Waals surface area contributed by atoms with Crippen molar-refractivity contribution in [2.45, 2.75) is 13.0 Å². The van der Waals surface area contributed by atoms with Crippen LogP contribution in [0.3, 0.4) is 0 Å². The van der Waals surface area contributed by atoms with E-state index < -0.39 is 10.0 Å². The van der Waals surface area contributed by atoms with Crippen molar-refractivity contribution in [3.05, 3.63) is 23.8 Å². The van der Waals surface area contributed by atoms with Gasteiger partial charge in [-0.15, -0.1) is 0 Å². The first-order chi connectivity index (χ1) is 9.82. The standard InChI is InChI=1S/C14H23N3O3S/c1-11(15-2)13-5-4-12(10-14(13)18)16-6-8-17(9-7-16)21(3,19)20/h4-5,10-11,15,18H,6-9H2,1-3H3. The van der Waals surface area contributed by atoms with Crippen LogP contribution in [0.2, 0.25) is 0 Å². The van der Waals surface area contributed by atoms with Gasteiger partial charge in [-0.25, -0.2) is 8.42 Å². The van der Waals surface area contributed by atoms with E-state index in [0.29, 0.717) is 26.2 Å². The molecule has 1 aliphatic heterocycles. The molecule has 1 aromatic carbocycles. The highest BCUT2D eigenvalue weighted by molar-refractivity contribution is 7.88. The summed E-state index contributed by atoms with van der Waals surface area (Å²) < 4.78 is 24.5. The molecule has 1 saturated heterocycles. The molecule has 0 aromatic heterocycles. The van der Waals surface area contributed by atoms with Gasteiger partial charge in [-0.05, 0) is 20.0 Å². The smallest absolute Gasteiger partial charge is 0.211 e. The molecule has 0 amide bonds. The lowest BCUT2D eigenvalue weighted by molar-refractivity contribution is 0.387. The van der Waals surface area contributed by atoms with Crippen LogP contribution >= 0.6 is 0 Å². The molecule has 0 spiro atoms. The van der Waals surface area contributed by atoms with E-state index in [2.05, 4.69) is 10.2 Å². The van der Waals surface area contributed by atoms with Crippen molar-refractivity contribution in [1.82, 2.24) is 9.62 Å². The third kappa shape index (κ3) is 3.66. The monoisotopic (exact) mass is 313 g/mol. The van der Waals surface area contributed by atoms with E-state index in [9.17, 15) is 13.5 Å². The van der Waals surface area contributed by atoms with Crippen LogP contribution in [0.25, 0.3) is 0 Å². The van der Waals surface area contributed by atoms with Crippen molar-refractivity contribution in [1.29, 1.82) is 0 Å². The number of benzene rings is 1. The maximum absolute atomic E-state index is 11.5. The Bertz CT molecular complexity index is 595. The topological polar surface area (TPSA) is 72.9 Å². The molecule has 2 rings (SSSR count). The quantitative estimate of drug-likeness (QED) is 0.858. The number of nitrogens with one attached hydrogen (secondary N) is 1. The van der Waals surface area contributed by atoms with Crippen molar-refractivity contribution in [3.8, 4) is 5.75 Å². The minimum absolute atomic E-state index is 0.0844. The fraction of sp³-hybridized carbons (Fsp3) is 0.571. The Labute approximate surface area is 126 Å². The number of phenols is 1. The Morgan fingerprint density at radius 3 is 2.33 bits per heavy atom. The highest BCUT2D eigenvalue weighted by atomic mass is 32.2. The number of aromatic hydroxyl groups is 1. The minimum Gasteiger partial charge on any atom is -0.508 e. The number of hydrogen-bond donors (Lipinski definition) is 2. The number of sulfonamides is 1. The summed E-state index contributed by atoms with van der Waals surface area (Å²) >= 11 is 0. The van der Waals surface area contributed by atoms with Crippen molar-refractivity contribution >= 4 is 15.7 Å². The first-order valence-corrected chi connectivity index (χ1v) is 8.88. The Morgan fingerprint density at radius 2 is 1.86 bits per heavy atom. The zero-order valence-electron chi connectivity index (χ0n) is 12.7. The van der Waals surface area contributed by atoms with Gasteiger partial charge in [0, 0.05) is 49.5 Å². The molecule has 21 heavy (non-hydrogen) atoms. The molecule has 0 radical (unpaired) electrons. The van der Waals surface area contributed by atoms with E-state index in [1.165, 1.54) is 10.6 Å². The van der Waals surface area contributed by atoms with Gasteiger partial charge in [0.15, 0.2) is 0 Å². The summed E-state index contributed by atoms with van der Waals surface area (Å²) in [6.45, 7) is 4.21. The summed E-state index contributed by atoms with van der Waals surface area (Å²) in [5, 5.41) is 13.2. The summed E-state index contributed by atoms with van der Waals surface area (Å²) in [6, 6.07) is 5.72. The zero-order chi connectivity index (χ0) is 15.6. The van der Waals surface area contributed by atoms with Crippen LogP contribution in [0, 0.1) is 0 Å². The molecule has 1 atom stereocenters. The van der Waals surface area contributed by atoms with Crippen LogP contribution in [-0.4, -0.2) is 57.3 Å². The number of piperazine rings is 1. The van der Waals surface area contributed by atoms with E-state index >= 15 is 0 Å². The Morgan fingerprint density at radius 1 is 1.24 bits per heavy atom. The molecular weight excluding hydrogens is 290 g/mol. The summed E-state index contributed by atoms with van der Waals surface area (Å²) in [4.78, 5) is 2.09. The van der Waals surface area contributed by atoms with Gasteiger partial charge >= 0.3 is 0 Å². The summed E-state index contributed by atoms with van der Waals surface area (Å²) in [5.41, 5.74) is 1.78. The molecule has 1 heterocycles. The number of anilines is 1. The average molecular weight is 313 g/mol. The van der Waals surface area contributed by atoms with Gasteiger partial charge in [-0.3, -0.25) is 0 Å². The number of nitrogens with zero attached hydrogens (tertiary/aromatic N) is 2. The maximum atomic E-state index is 11.5. The van der Waals surface area contributed by atoms with Gasteiger partial charge < -0.3 is 15.3 Å². The third-order valence-corrected chi connectivity index (χ3v) is 5.29. The number of phenolic OH excluding ortho intramolecular Hbond substituents is 1. The van der Waals surface area contributed by atoms with Crippen molar-refractivity contribution in [3.63, 3.8) is 0 Å². The zero-order valence-corrected chi connectivity index (χ0v) is 13.5. The Balaban J connectivity index is 2.09. The van der Waals surface area contributed by atoms with Crippen LogP contribution in [0.4, 0.5) is 5.69 Å². The Hall–Kier alpha value is -1.31. The second-order valence-corrected chi connectivity index (χ2v) is 7.39. The van der Waals surface area contributed by atoms with Gasteiger partial charge in [0.25, 0.3) is 0 Å². The molecule has 1 fully saturated rings. The van der Waals surface area contributed by atoms with Crippen LogP contribution in [-0.2, 0) is 10.0 Å². The molecule has 0 saturated carbocycles. The van der Waals surface area contributed by atoms with Gasteiger partial charge in [-0.1, -0.05) is 6.07 Å². The van der Waals surface area contributed by atoms with Gasteiger partial charge in [0.05, 0.1) is 6.26 Å². The van der Waals surface area contributed by atoms with E-state index in [0.717, 1.165) is 11.3 Å². The molecule has 6 nitrogen and oxygen atoms in total. The van der Waals surface area contributed by atoms with Crippen LogP contribution in [0.1, 0.15) is 18.5 Å². The van der Waals surface area contributed by atoms with Crippen LogP contribution in [0.5, 0.6) is 5.75 Å². The van der Waals surface area contributed by atoms with Crippen molar-refractivity contribution in [2.75, 3.05) is 44.4 Å². The first-order valence-electron chi connectivity index (χ1n) is 7.03. The summed E-state index contributed by atoms with van der Waals surface area (Å²) in [5.74, 6) is 0.264. The fourth-order valence-electron chi connectivity index (χ4n) is 2.53. The van der Waals surface area contributed by atoms with E-state index in [1.807, 2.05) is 26.1 Å². The highest BCUT2D eigenvalue weighted by Gasteiger charge is 2.24. The lowest BCUT2D eigenvalue weighted by Crippen LogP contribution is -2.48. The highest BCUT2D eigenvalue weighted by Crippen LogP contribution is 2.29. The summed E-state index contributed by atoms with van der Waals surface area (Å²) in [7, 11) is -1.26. The predicted molar refractivity (Wildman–Crippen MR) is 84.2 cm³/mol. The van der Waals surface area contributed by atoms with Crippen LogP contribution < -0.4 is 10.2 Å². The lowest BCUT2D eigenvalue weighted by Gasteiger charge is -2.35. The fourth-order valence-corrected chi connectivity index (χ4v) is 3.35. The van der Waals surface area contributed by atoms with Gasteiger partial charge in [0.2, 0.25) is 10.0 Å². The molecule has 0 bridgehead atoms. The largest absolute Gasteiger partial charge is 0.508 e. The van der Waals surface area contributed by atoms with E-state index in [-0.39, 0.29) is 11.8 Å². The van der Waals surface area contributed by atoms with Gasteiger partial charge in [0.1, 0.15) is 5.75 Å².